The number of nitrogens with one attached hydrogen (secondary N) is 1. The van der Waals surface area contributed by atoms with Gasteiger partial charge < -0.3 is 9.47 Å². The van der Waals surface area contributed by atoms with Crippen molar-refractivity contribution in [3.05, 3.63) is 47.3 Å². The Labute approximate surface area is 140 Å². The molecule has 0 saturated heterocycles. The summed E-state index contributed by atoms with van der Waals surface area (Å²) in [5.74, 6) is 2.36. The van der Waals surface area contributed by atoms with Gasteiger partial charge in [0, 0.05) is 18.2 Å². The van der Waals surface area contributed by atoms with Crippen molar-refractivity contribution in [1.29, 1.82) is 0 Å². The molecule has 0 aliphatic carbocycles. The van der Waals surface area contributed by atoms with Crippen molar-refractivity contribution in [2.45, 2.75) is 26.7 Å². The van der Waals surface area contributed by atoms with E-state index in [0.29, 0.717) is 0 Å². The van der Waals surface area contributed by atoms with Gasteiger partial charge in [-0.2, -0.15) is 5.10 Å². The molecule has 0 spiro atoms. The summed E-state index contributed by atoms with van der Waals surface area (Å²) in [4.78, 5) is 0. The van der Waals surface area contributed by atoms with Crippen LogP contribution in [-0.2, 0) is 12.8 Å². The lowest BCUT2D eigenvalue weighted by molar-refractivity contribution is 0.401. The lowest BCUT2D eigenvalue weighted by atomic mass is 10.1. The van der Waals surface area contributed by atoms with E-state index >= 15 is 0 Å². The molecular formula is C17H21N5O2. The van der Waals surface area contributed by atoms with Crippen molar-refractivity contribution in [3.63, 3.8) is 0 Å². The van der Waals surface area contributed by atoms with Crippen molar-refractivity contribution in [2.24, 2.45) is 0 Å². The van der Waals surface area contributed by atoms with Gasteiger partial charge >= 0.3 is 0 Å². The third-order valence-corrected chi connectivity index (χ3v) is 4.14. The Kier molecular flexibility index (Phi) is 4.50. The molecule has 0 unspecified atom stereocenters. The van der Waals surface area contributed by atoms with E-state index in [1.165, 1.54) is 5.56 Å². The molecule has 0 amide bonds. The van der Waals surface area contributed by atoms with Gasteiger partial charge in [-0.15, -0.1) is 10.2 Å². The number of rotatable bonds is 6. The highest BCUT2D eigenvalue weighted by molar-refractivity contribution is 5.51. The first-order chi connectivity index (χ1) is 11.6. The molecule has 0 aliphatic rings. The highest BCUT2D eigenvalue weighted by Crippen LogP contribution is 2.28. The van der Waals surface area contributed by atoms with Crippen LogP contribution in [0.15, 0.2) is 24.5 Å². The van der Waals surface area contributed by atoms with E-state index in [1.807, 2.05) is 36.6 Å². The first-order valence-corrected chi connectivity index (χ1v) is 7.75. The van der Waals surface area contributed by atoms with Gasteiger partial charge in [-0.25, -0.2) is 0 Å². The van der Waals surface area contributed by atoms with E-state index in [4.69, 9.17) is 9.47 Å². The molecule has 0 aliphatic heterocycles. The average molecular weight is 327 g/mol. The largest absolute Gasteiger partial charge is 0.497 e. The highest BCUT2D eigenvalue weighted by Gasteiger charge is 2.14. The van der Waals surface area contributed by atoms with Crippen molar-refractivity contribution >= 4 is 0 Å². The summed E-state index contributed by atoms with van der Waals surface area (Å²) in [7, 11) is 3.29. The Morgan fingerprint density at radius 2 is 1.96 bits per heavy atom. The topological polar surface area (TPSA) is 77.8 Å². The van der Waals surface area contributed by atoms with Gasteiger partial charge in [0.05, 0.1) is 25.6 Å². The van der Waals surface area contributed by atoms with Gasteiger partial charge in [0.15, 0.2) is 0 Å². The maximum Gasteiger partial charge on any atom is 0.143 e. The van der Waals surface area contributed by atoms with Crippen LogP contribution in [0.5, 0.6) is 11.5 Å². The summed E-state index contributed by atoms with van der Waals surface area (Å²) < 4.78 is 12.7. The fourth-order valence-electron chi connectivity index (χ4n) is 2.79. The number of hydrogen-bond donors (Lipinski definition) is 1. The zero-order valence-electron chi connectivity index (χ0n) is 14.3. The minimum Gasteiger partial charge on any atom is -0.497 e. The molecule has 24 heavy (non-hydrogen) atoms. The number of aromatic nitrogens is 5. The second-order valence-corrected chi connectivity index (χ2v) is 5.57. The van der Waals surface area contributed by atoms with E-state index in [1.54, 1.807) is 20.5 Å². The lowest BCUT2D eigenvalue weighted by Crippen LogP contribution is -2.05. The van der Waals surface area contributed by atoms with Gasteiger partial charge in [-0.1, -0.05) is 0 Å². The smallest absolute Gasteiger partial charge is 0.143 e. The van der Waals surface area contributed by atoms with Gasteiger partial charge in [-0.3, -0.25) is 9.67 Å². The van der Waals surface area contributed by atoms with Crippen molar-refractivity contribution in [2.75, 3.05) is 14.2 Å². The number of ether oxygens (including phenoxy) is 2. The van der Waals surface area contributed by atoms with E-state index in [0.717, 1.165) is 47.2 Å². The maximum absolute atomic E-state index is 5.47. The molecule has 126 valence electrons. The van der Waals surface area contributed by atoms with E-state index in [9.17, 15) is 0 Å². The minimum atomic E-state index is 0.743. The molecule has 7 heteroatoms. The van der Waals surface area contributed by atoms with Crippen molar-refractivity contribution < 1.29 is 9.47 Å². The Hall–Kier alpha value is -2.83. The Morgan fingerprint density at radius 3 is 2.62 bits per heavy atom. The summed E-state index contributed by atoms with van der Waals surface area (Å²) in [6.07, 6.45) is 3.29. The molecule has 0 saturated carbocycles. The second-order valence-electron chi connectivity index (χ2n) is 5.57. The van der Waals surface area contributed by atoms with Crippen LogP contribution in [-0.4, -0.2) is 39.2 Å². The SMILES string of the molecule is COc1ccc(OC)c(-n2cnnc2CCc2c(C)n[nH]c2C)c1. The Balaban J connectivity index is 1.91. The molecule has 1 N–H and O–H groups in total. The van der Waals surface area contributed by atoms with Crippen LogP contribution < -0.4 is 9.47 Å². The van der Waals surface area contributed by atoms with Crippen LogP contribution in [0.1, 0.15) is 22.8 Å². The number of H-pyrrole nitrogens is 1. The number of aryl methyl sites for hydroxylation is 3. The fourth-order valence-corrected chi connectivity index (χ4v) is 2.79. The molecule has 0 radical (unpaired) electrons. The third kappa shape index (κ3) is 2.97. The number of nitrogens with zero attached hydrogens (tertiary/aromatic N) is 4. The molecule has 2 aromatic heterocycles. The summed E-state index contributed by atoms with van der Waals surface area (Å²) in [5, 5.41) is 15.6. The predicted octanol–water partition coefficient (Wildman–Crippen LogP) is 2.41. The second kappa shape index (κ2) is 6.74. The van der Waals surface area contributed by atoms with Gasteiger partial charge in [0.25, 0.3) is 0 Å². The van der Waals surface area contributed by atoms with Crippen molar-refractivity contribution in [3.8, 4) is 17.2 Å². The molecule has 2 heterocycles. The Bertz CT molecular complexity index is 818. The quantitative estimate of drug-likeness (QED) is 0.752. The van der Waals surface area contributed by atoms with Crippen LogP contribution in [0.4, 0.5) is 0 Å². The first-order valence-electron chi connectivity index (χ1n) is 7.75. The highest BCUT2D eigenvalue weighted by atomic mass is 16.5. The summed E-state index contributed by atoms with van der Waals surface area (Å²) >= 11 is 0. The maximum atomic E-state index is 5.47. The average Bonchev–Trinajstić information content (AvgIpc) is 3.19. The molecule has 0 atom stereocenters. The van der Waals surface area contributed by atoms with Crippen LogP contribution in [0.25, 0.3) is 5.69 Å². The number of benzene rings is 1. The standard InChI is InChI=1S/C17H21N5O2/c1-11-14(12(2)20-19-11)6-8-17-21-18-10-22(17)15-9-13(23-3)5-7-16(15)24-4/h5,7,9-10H,6,8H2,1-4H3,(H,19,20). The number of aromatic amines is 1. The monoisotopic (exact) mass is 327 g/mol. The van der Waals surface area contributed by atoms with Gasteiger partial charge in [0.2, 0.25) is 0 Å². The van der Waals surface area contributed by atoms with Crippen LogP contribution >= 0.6 is 0 Å². The molecule has 0 bridgehead atoms. The molecule has 3 aromatic rings. The molecular weight excluding hydrogens is 306 g/mol. The van der Waals surface area contributed by atoms with E-state index in [-0.39, 0.29) is 0 Å². The van der Waals surface area contributed by atoms with E-state index < -0.39 is 0 Å². The Morgan fingerprint density at radius 1 is 1.12 bits per heavy atom. The predicted molar refractivity (Wildman–Crippen MR) is 89.9 cm³/mol. The lowest BCUT2D eigenvalue weighted by Gasteiger charge is -2.13. The third-order valence-electron chi connectivity index (χ3n) is 4.14. The molecule has 3 rings (SSSR count). The van der Waals surface area contributed by atoms with Crippen LogP contribution in [0, 0.1) is 13.8 Å². The number of hydrogen-bond acceptors (Lipinski definition) is 5. The minimum absolute atomic E-state index is 0.743. The first kappa shape index (κ1) is 16.0. The zero-order valence-corrected chi connectivity index (χ0v) is 14.3. The summed E-state index contributed by atoms with van der Waals surface area (Å²) in [6, 6.07) is 5.66. The summed E-state index contributed by atoms with van der Waals surface area (Å²) in [6.45, 7) is 4.04. The van der Waals surface area contributed by atoms with E-state index in [2.05, 4.69) is 20.4 Å². The van der Waals surface area contributed by atoms with Gasteiger partial charge in [0.1, 0.15) is 23.7 Å². The van der Waals surface area contributed by atoms with Gasteiger partial charge in [-0.05, 0) is 38.0 Å². The van der Waals surface area contributed by atoms with Crippen LogP contribution in [0.3, 0.4) is 0 Å². The summed E-state index contributed by atoms with van der Waals surface area (Å²) in [5.41, 5.74) is 4.20. The normalized spacial score (nSPS) is 10.8. The number of methoxy groups -OCH3 is 2. The van der Waals surface area contributed by atoms with Crippen molar-refractivity contribution in [1.82, 2.24) is 25.0 Å². The molecule has 1 aromatic carbocycles. The molecule has 7 nitrogen and oxygen atoms in total. The zero-order chi connectivity index (χ0) is 17.1. The fraction of sp³-hybridized carbons (Fsp3) is 0.353. The molecule has 0 fully saturated rings. The van der Waals surface area contributed by atoms with Crippen LogP contribution in [0.2, 0.25) is 0 Å².